The maximum absolute atomic E-state index is 10.9. The van der Waals surface area contributed by atoms with Crippen LogP contribution in [0.1, 0.15) is 12.8 Å². The van der Waals surface area contributed by atoms with E-state index in [1.165, 1.54) is 0 Å². The van der Waals surface area contributed by atoms with E-state index in [-0.39, 0.29) is 5.71 Å². The van der Waals surface area contributed by atoms with Crippen LogP contribution in [0, 0.1) is 11.3 Å². The van der Waals surface area contributed by atoms with Crippen molar-refractivity contribution in [1.82, 2.24) is 5.32 Å². The number of nitrogens with one attached hydrogen (secondary N) is 2. The fourth-order valence-corrected chi connectivity index (χ4v) is 2.54. The third-order valence-corrected chi connectivity index (χ3v) is 3.30. The molecule has 0 aromatic rings. The van der Waals surface area contributed by atoms with Gasteiger partial charge in [-0.15, -0.1) is 0 Å². The van der Waals surface area contributed by atoms with Gasteiger partial charge in [-0.2, -0.15) is 0 Å². The molecule has 0 radical (unpaired) electrons. The molecule has 1 heterocycles. The highest BCUT2D eigenvalue weighted by Gasteiger charge is 2.35. The smallest absolute Gasteiger partial charge is 0.331 e. The number of hydrogen-bond donors (Lipinski definition) is 5. The van der Waals surface area contributed by atoms with E-state index in [0.717, 1.165) is 0 Å². The number of piperidine rings is 1. The van der Waals surface area contributed by atoms with Gasteiger partial charge in [-0.25, -0.2) is 0 Å². The van der Waals surface area contributed by atoms with Crippen molar-refractivity contribution in [2.24, 2.45) is 5.92 Å². The van der Waals surface area contributed by atoms with Crippen LogP contribution in [-0.2, 0) is 9.36 Å². The van der Waals surface area contributed by atoms with Gasteiger partial charge in [0.2, 0.25) is 0 Å². The van der Waals surface area contributed by atoms with Gasteiger partial charge in [0.15, 0.2) is 0 Å². The quantitative estimate of drug-likeness (QED) is 0.342. The molecule has 5 N–H and O–H groups in total. The van der Waals surface area contributed by atoms with E-state index in [9.17, 15) is 9.36 Å². The van der Waals surface area contributed by atoms with Gasteiger partial charge in [-0.3, -0.25) is 9.36 Å². The highest BCUT2D eigenvalue weighted by atomic mass is 31.2. The molecule has 2 atom stereocenters. The average molecular weight is 250 g/mol. The van der Waals surface area contributed by atoms with E-state index >= 15 is 0 Å². The van der Waals surface area contributed by atoms with Crippen LogP contribution < -0.4 is 5.32 Å². The van der Waals surface area contributed by atoms with Crippen molar-refractivity contribution in [2.75, 3.05) is 12.7 Å². The molecule has 0 amide bonds. The molecule has 1 fully saturated rings. The molecule has 1 rings (SSSR count). The second kappa shape index (κ2) is 5.05. The van der Waals surface area contributed by atoms with Crippen LogP contribution in [0.3, 0.4) is 0 Å². The molecule has 0 aliphatic carbocycles. The molecule has 7 nitrogen and oxygen atoms in total. The second-order valence-corrected chi connectivity index (χ2v) is 5.51. The van der Waals surface area contributed by atoms with Gasteiger partial charge >= 0.3 is 13.6 Å². The number of aliphatic carboxylic acids is 1. The van der Waals surface area contributed by atoms with Crippen LogP contribution in [0.5, 0.6) is 0 Å². The molecule has 0 aromatic carbocycles. The minimum Gasteiger partial charge on any atom is -0.480 e. The normalized spacial score (nSPS) is 26.4. The lowest BCUT2D eigenvalue weighted by Crippen LogP contribution is -2.50. The van der Waals surface area contributed by atoms with E-state index in [2.05, 4.69) is 5.32 Å². The second-order valence-electron chi connectivity index (χ2n) is 3.87. The van der Waals surface area contributed by atoms with Gasteiger partial charge in [0, 0.05) is 11.6 Å². The maximum atomic E-state index is 10.9. The molecular formula is C8H15N2O5P. The van der Waals surface area contributed by atoms with E-state index in [1.807, 2.05) is 0 Å². The summed E-state index contributed by atoms with van der Waals surface area (Å²) in [5.41, 5.74) is -0.187. The minimum atomic E-state index is -4.29. The summed E-state index contributed by atoms with van der Waals surface area (Å²) in [6.07, 6.45) is 0.518. The fourth-order valence-electron chi connectivity index (χ4n) is 1.86. The van der Waals surface area contributed by atoms with Crippen molar-refractivity contribution in [3.05, 3.63) is 0 Å². The molecule has 1 saturated heterocycles. The Kier molecular flexibility index (Phi) is 4.21. The predicted molar refractivity (Wildman–Crippen MR) is 56.8 cm³/mol. The first-order chi connectivity index (χ1) is 7.31. The lowest BCUT2D eigenvalue weighted by atomic mass is 9.87. The SMILES string of the molecule is N=C(CP(=O)(O)O)C1CCCNC1C(=O)O. The largest absolute Gasteiger partial charge is 0.480 e. The summed E-state index contributed by atoms with van der Waals surface area (Å²) >= 11 is 0. The van der Waals surface area contributed by atoms with Gasteiger partial charge in [-0.05, 0) is 19.4 Å². The number of carbonyl (C=O) groups is 1. The molecular weight excluding hydrogens is 235 g/mol. The van der Waals surface area contributed by atoms with Crippen LogP contribution in [0.15, 0.2) is 0 Å². The third-order valence-electron chi connectivity index (χ3n) is 2.55. The fraction of sp³-hybridized carbons (Fsp3) is 0.750. The molecule has 16 heavy (non-hydrogen) atoms. The molecule has 92 valence electrons. The molecule has 0 saturated carbocycles. The molecule has 1 aliphatic rings. The van der Waals surface area contributed by atoms with Crippen molar-refractivity contribution >= 4 is 19.3 Å². The predicted octanol–water partition coefficient (Wildman–Crippen LogP) is -0.363. The Bertz CT molecular complexity index is 339. The molecule has 0 aromatic heterocycles. The highest BCUT2D eigenvalue weighted by molar-refractivity contribution is 7.52. The van der Waals surface area contributed by atoms with Gasteiger partial charge in [0.25, 0.3) is 0 Å². The Balaban J connectivity index is 2.72. The minimum absolute atomic E-state index is 0.187. The van der Waals surface area contributed by atoms with E-state index in [0.29, 0.717) is 19.4 Å². The average Bonchev–Trinajstić information content (AvgIpc) is 2.15. The van der Waals surface area contributed by atoms with Crippen LogP contribution in [0.4, 0.5) is 0 Å². The zero-order valence-corrected chi connectivity index (χ0v) is 9.48. The van der Waals surface area contributed by atoms with Crippen molar-refractivity contribution in [2.45, 2.75) is 18.9 Å². The molecule has 0 spiro atoms. The van der Waals surface area contributed by atoms with Crippen molar-refractivity contribution < 1.29 is 24.3 Å². The first-order valence-electron chi connectivity index (χ1n) is 4.89. The first-order valence-corrected chi connectivity index (χ1v) is 6.69. The number of rotatable bonds is 4. The Labute approximate surface area is 92.5 Å². The molecule has 0 bridgehead atoms. The summed E-state index contributed by atoms with van der Waals surface area (Å²) in [6.45, 7) is 0.552. The summed E-state index contributed by atoms with van der Waals surface area (Å²) in [5.74, 6) is -1.71. The lowest BCUT2D eigenvalue weighted by molar-refractivity contribution is -0.140. The van der Waals surface area contributed by atoms with Crippen LogP contribution in [-0.4, -0.2) is 45.3 Å². The maximum Gasteiger partial charge on any atom is 0.331 e. The Hall–Kier alpha value is -0.750. The van der Waals surface area contributed by atoms with E-state index in [4.69, 9.17) is 20.3 Å². The number of hydrogen-bond acceptors (Lipinski definition) is 4. The van der Waals surface area contributed by atoms with Gasteiger partial charge in [0.05, 0.1) is 6.16 Å². The zero-order chi connectivity index (χ0) is 12.3. The Morgan fingerprint density at radius 3 is 2.62 bits per heavy atom. The lowest BCUT2D eigenvalue weighted by Gasteiger charge is -2.30. The van der Waals surface area contributed by atoms with Crippen LogP contribution in [0.2, 0.25) is 0 Å². The van der Waals surface area contributed by atoms with Gasteiger partial charge < -0.3 is 25.6 Å². The van der Waals surface area contributed by atoms with Gasteiger partial charge in [-0.1, -0.05) is 0 Å². The Morgan fingerprint density at radius 1 is 1.50 bits per heavy atom. The van der Waals surface area contributed by atoms with Gasteiger partial charge in [0.1, 0.15) is 6.04 Å². The van der Waals surface area contributed by atoms with Crippen molar-refractivity contribution in [3.8, 4) is 0 Å². The van der Waals surface area contributed by atoms with E-state index in [1.54, 1.807) is 0 Å². The zero-order valence-electron chi connectivity index (χ0n) is 8.59. The topological polar surface area (TPSA) is 131 Å². The monoisotopic (exact) mass is 250 g/mol. The van der Waals surface area contributed by atoms with Crippen LogP contribution >= 0.6 is 7.60 Å². The highest BCUT2D eigenvalue weighted by Crippen LogP contribution is 2.36. The summed E-state index contributed by atoms with van der Waals surface area (Å²) in [6, 6.07) is -0.909. The Morgan fingerprint density at radius 2 is 2.12 bits per heavy atom. The summed E-state index contributed by atoms with van der Waals surface area (Å²) in [5, 5.41) is 19.2. The summed E-state index contributed by atoms with van der Waals surface area (Å²) in [4.78, 5) is 28.4. The number of carboxylic acids is 1. The van der Waals surface area contributed by atoms with Crippen molar-refractivity contribution in [3.63, 3.8) is 0 Å². The van der Waals surface area contributed by atoms with Crippen molar-refractivity contribution in [1.29, 1.82) is 5.41 Å². The standard InChI is InChI=1S/C8H15N2O5P/c9-6(4-16(13,14)15)5-2-1-3-10-7(5)8(11)12/h5,7,9-10H,1-4H2,(H,11,12)(H2,13,14,15). The van der Waals surface area contributed by atoms with Crippen LogP contribution in [0.25, 0.3) is 0 Å². The van der Waals surface area contributed by atoms with E-state index < -0.39 is 31.7 Å². The third kappa shape index (κ3) is 3.68. The summed E-state index contributed by atoms with van der Waals surface area (Å²) in [7, 11) is -4.29. The number of carboxylic acid groups (broad SMARTS) is 1. The summed E-state index contributed by atoms with van der Waals surface area (Å²) < 4.78 is 10.7. The molecule has 1 aliphatic heterocycles. The molecule has 8 heteroatoms. The first kappa shape index (κ1) is 13.3. The molecule has 2 unspecified atom stereocenters.